The van der Waals surface area contributed by atoms with Crippen molar-refractivity contribution in [2.45, 2.75) is 38.3 Å². The maximum atomic E-state index is 13.5. The van der Waals surface area contributed by atoms with E-state index in [2.05, 4.69) is 38.5 Å². The first-order valence-electron chi connectivity index (χ1n) is 16.4. The highest BCUT2D eigenvalue weighted by molar-refractivity contribution is 6.28. The minimum absolute atomic E-state index is 0.115. The Balaban J connectivity index is 0.957. The van der Waals surface area contributed by atoms with Crippen LogP contribution in [0.4, 0.5) is 17.1 Å². The quantitative estimate of drug-likeness (QED) is 0.206. The predicted molar refractivity (Wildman–Crippen MR) is 188 cm³/mol. The number of aromatic nitrogens is 2. The van der Waals surface area contributed by atoms with Gasteiger partial charge in [0.15, 0.2) is 0 Å². The number of rotatable bonds is 5. The molecule has 8 rings (SSSR count). The van der Waals surface area contributed by atoms with Crippen LogP contribution in [-0.4, -0.2) is 52.5 Å². The molecule has 4 heterocycles. The second-order valence-electron chi connectivity index (χ2n) is 13.4. The molecule has 1 unspecified atom stereocenters. The smallest absolute Gasteiger partial charge is 0.259 e. The highest BCUT2D eigenvalue weighted by Gasteiger charge is 2.41. The van der Waals surface area contributed by atoms with Crippen molar-refractivity contribution >= 4 is 62.2 Å². The molecule has 50 heavy (non-hydrogen) atoms. The van der Waals surface area contributed by atoms with Gasteiger partial charge in [-0.2, -0.15) is 10.4 Å². The van der Waals surface area contributed by atoms with Crippen LogP contribution < -0.4 is 20.4 Å². The molecular weight excluding hydrogens is 630 g/mol. The summed E-state index contributed by atoms with van der Waals surface area (Å²) in [7, 11) is 0. The first kappa shape index (κ1) is 30.8. The van der Waals surface area contributed by atoms with E-state index in [9.17, 15) is 24.4 Å². The van der Waals surface area contributed by atoms with E-state index in [0.717, 1.165) is 27.2 Å². The number of nitrogens with one attached hydrogen (secondary N) is 2. The van der Waals surface area contributed by atoms with Crippen molar-refractivity contribution in [3.8, 4) is 17.9 Å². The molecule has 0 radical (unpaired) electrons. The molecule has 0 bridgehead atoms. The van der Waals surface area contributed by atoms with Crippen molar-refractivity contribution in [1.29, 1.82) is 5.26 Å². The molecule has 11 nitrogen and oxygen atoms in total. The molecule has 4 aromatic carbocycles. The van der Waals surface area contributed by atoms with Crippen molar-refractivity contribution in [2.75, 3.05) is 28.2 Å². The average molecular weight is 662 g/mol. The molecule has 11 heteroatoms. The lowest BCUT2D eigenvalue weighted by Gasteiger charge is -2.39. The van der Waals surface area contributed by atoms with Crippen LogP contribution in [-0.2, 0) is 19.9 Å². The fraction of sp³-hybridized carbons (Fsp3) is 0.231. The summed E-state index contributed by atoms with van der Waals surface area (Å²) in [5, 5.41) is 22.7. The van der Waals surface area contributed by atoms with Crippen LogP contribution in [0.25, 0.3) is 21.5 Å². The third kappa shape index (κ3) is 4.94. The third-order valence-electron chi connectivity index (χ3n) is 9.87. The monoisotopic (exact) mass is 661 g/mol. The van der Waals surface area contributed by atoms with Gasteiger partial charge in [-0.05, 0) is 50.6 Å². The van der Waals surface area contributed by atoms with Crippen molar-refractivity contribution in [3.63, 3.8) is 0 Å². The number of fused-ring (bicyclic) bond motifs is 1. The number of imide groups is 1. The van der Waals surface area contributed by atoms with Gasteiger partial charge in [-0.25, -0.2) is 0 Å². The zero-order chi connectivity index (χ0) is 34.7. The first-order valence-corrected chi connectivity index (χ1v) is 16.4. The van der Waals surface area contributed by atoms with E-state index in [4.69, 9.17) is 0 Å². The molecular formula is C39H31N7O4. The van der Waals surface area contributed by atoms with Gasteiger partial charge < -0.3 is 10.2 Å². The zero-order valence-corrected chi connectivity index (χ0v) is 27.4. The van der Waals surface area contributed by atoms with E-state index in [1.165, 1.54) is 4.90 Å². The normalized spacial score (nSPS) is 17.3. The second-order valence-corrected chi connectivity index (χ2v) is 13.4. The van der Waals surface area contributed by atoms with E-state index < -0.39 is 17.5 Å². The van der Waals surface area contributed by atoms with E-state index in [-0.39, 0.29) is 30.1 Å². The molecule has 0 spiro atoms. The maximum absolute atomic E-state index is 13.5. The number of hydrogen-bond donors (Lipinski definition) is 2. The molecule has 2 saturated heterocycles. The van der Waals surface area contributed by atoms with Gasteiger partial charge in [-0.15, -0.1) is 0 Å². The fourth-order valence-corrected chi connectivity index (χ4v) is 7.03. The van der Waals surface area contributed by atoms with Crippen LogP contribution >= 0.6 is 0 Å². The lowest BCUT2D eigenvalue weighted by molar-refractivity contribution is -0.134. The number of carbonyl (C=O) groups is 4. The third-order valence-corrected chi connectivity index (χ3v) is 9.87. The fourth-order valence-electron chi connectivity index (χ4n) is 7.03. The summed E-state index contributed by atoms with van der Waals surface area (Å²) in [6, 6.07) is 21.9. The largest absolute Gasteiger partial charge is 0.368 e. The van der Waals surface area contributed by atoms with Crippen molar-refractivity contribution in [1.82, 2.24) is 15.1 Å². The summed E-state index contributed by atoms with van der Waals surface area (Å²) in [6.45, 7) is 4.99. The Bertz CT molecular complexity index is 2400. The maximum Gasteiger partial charge on any atom is 0.259 e. The summed E-state index contributed by atoms with van der Waals surface area (Å²) in [5.41, 5.74) is 3.09. The van der Waals surface area contributed by atoms with E-state index >= 15 is 0 Å². The Morgan fingerprint density at radius 2 is 1.72 bits per heavy atom. The molecule has 0 aliphatic carbocycles. The van der Waals surface area contributed by atoms with Gasteiger partial charge in [0.1, 0.15) is 11.6 Å². The van der Waals surface area contributed by atoms with Crippen LogP contribution in [0, 0.1) is 29.1 Å². The average Bonchev–Trinajstić information content (AvgIpc) is 3.69. The first-order chi connectivity index (χ1) is 24.1. The minimum Gasteiger partial charge on any atom is -0.368 e. The highest BCUT2D eigenvalue weighted by atomic mass is 16.2. The topological polar surface area (TPSA) is 140 Å². The molecule has 2 N–H and O–H groups in total. The molecule has 0 saturated carbocycles. The highest BCUT2D eigenvalue weighted by Crippen LogP contribution is 2.44. The summed E-state index contributed by atoms with van der Waals surface area (Å²) >= 11 is 0. The summed E-state index contributed by atoms with van der Waals surface area (Å²) in [5.74, 6) is 5.43. The second kappa shape index (κ2) is 11.6. The van der Waals surface area contributed by atoms with Crippen molar-refractivity contribution in [3.05, 3.63) is 95.8 Å². The zero-order valence-electron chi connectivity index (χ0n) is 27.4. The summed E-state index contributed by atoms with van der Waals surface area (Å²) < 4.78 is 1.61. The summed E-state index contributed by atoms with van der Waals surface area (Å²) in [4.78, 5) is 55.1. The molecule has 3 aliphatic rings. The van der Waals surface area contributed by atoms with Gasteiger partial charge in [-0.3, -0.25) is 34.1 Å². The van der Waals surface area contributed by atoms with Crippen LogP contribution in [0.3, 0.4) is 0 Å². The number of nitrogens with zero attached hydrogens (tertiary/aromatic N) is 5. The Morgan fingerprint density at radius 1 is 0.960 bits per heavy atom. The van der Waals surface area contributed by atoms with Gasteiger partial charge in [0.25, 0.3) is 11.8 Å². The summed E-state index contributed by atoms with van der Waals surface area (Å²) in [6.07, 6.45) is 3.91. The minimum atomic E-state index is -1.02. The number of anilines is 3. The van der Waals surface area contributed by atoms with Gasteiger partial charge >= 0.3 is 0 Å². The number of amides is 4. The number of nitriles is 1. The Morgan fingerprint density at radius 3 is 2.50 bits per heavy atom. The lowest BCUT2D eigenvalue weighted by Crippen LogP contribution is -2.53. The van der Waals surface area contributed by atoms with E-state index in [1.807, 2.05) is 48.5 Å². The Kier molecular flexibility index (Phi) is 7.16. The number of hydrogen-bond acceptors (Lipinski definition) is 7. The van der Waals surface area contributed by atoms with Crippen LogP contribution in [0.1, 0.15) is 48.2 Å². The van der Waals surface area contributed by atoms with Gasteiger partial charge in [-0.1, -0.05) is 48.2 Å². The number of piperidine rings is 1. The molecule has 246 valence electrons. The molecule has 5 aromatic rings. The van der Waals surface area contributed by atoms with Gasteiger partial charge in [0.05, 0.1) is 35.0 Å². The van der Waals surface area contributed by atoms with E-state index in [1.54, 1.807) is 49.1 Å². The number of carbonyl (C=O) groups excluding carboxylic acids is 4. The van der Waals surface area contributed by atoms with Crippen LogP contribution in [0.5, 0.6) is 0 Å². The van der Waals surface area contributed by atoms with Crippen molar-refractivity contribution < 1.29 is 19.2 Å². The predicted octanol–water partition coefficient (Wildman–Crippen LogP) is 4.69. The molecule has 1 aromatic heterocycles. The van der Waals surface area contributed by atoms with Crippen molar-refractivity contribution in [2.24, 2.45) is 5.92 Å². The molecule has 4 amide bonds. The molecule has 3 aliphatic heterocycles. The number of benzene rings is 4. The van der Waals surface area contributed by atoms with E-state index in [0.29, 0.717) is 47.6 Å². The lowest BCUT2D eigenvalue weighted by atomic mass is 9.96. The molecule has 1 atom stereocenters. The van der Waals surface area contributed by atoms with Crippen LogP contribution in [0.15, 0.2) is 79.1 Å². The molecule has 2 fully saturated rings. The standard InChI is InChI=1S/C39H31N7O4/c1-39(2,38(50)42-30-13-12-25(18-40)26-6-3-4-7-27(26)30)45-22-23(19-41-45)10-11-24-20-44(21-24)31-14-15-32-35-28(31)8-5-9-29(35)37(49)46(32)33-16-17-34(47)43-36(33)48/h3-9,12-15,19,22,24,33H,16-17,20-21H2,1-2H3,(H,42,50)(H,43,47,48). The van der Waals surface area contributed by atoms with Gasteiger partial charge in [0.2, 0.25) is 11.8 Å². The van der Waals surface area contributed by atoms with Crippen LogP contribution in [0.2, 0.25) is 0 Å². The Hall–Kier alpha value is -6.46. The Labute approximate surface area is 287 Å². The SMILES string of the molecule is CC(C)(C(=O)Nc1ccc(C#N)c2ccccc12)n1cc(C#CC2CN(c3ccc4c5c(cccc35)C(=O)N4C3CCC(=O)NC3=O)C2)cn1. The van der Waals surface area contributed by atoms with Gasteiger partial charge in [0, 0.05) is 64.2 Å².